The van der Waals surface area contributed by atoms with Gasteiger partial charge in [0, 0.05) is 25.5 Å². The van der Waals surface area contributed by atoms with Crippen LogP contribution in [0.2, 0.25) is 0 Å². The highest BCUT2D eigenvalue weighted by Gasteiger charge is 2.33. The molecule has 0 saturated carbocycles. The largest absolute Gasteiger partial charge is 0.477 e. The van der Waals surface area contributed by atoms with Crippen LogP contribution in [-0.4, -0.2) is 60.0 Å². The van der Waals surface area contributed by atoms with Crippen molar-refractivity contribution in [2.45, 2.75) is 12.6 Å². The van der Waals surface area contributed by atoms with Gasteiger partial charge in [-0.25, -0.2) is 9.18 Å². The summed E-state index contributed by atoms with van der Waals surface area (Å²) in [6, 6.07) is 1.14. The van der Waals surface area contributed by atoms with E-state index in [0.29, 0.717) is 48.0 Å². The molecule has 2 aliphatic rings. The zero-order valence-electron chi connectivity index (χ0n) is 15.5. The van der Waals surface area contributed by atoms with Crippen molar-refractivity contribution in [3.63, 3.8) is 0 Å². The number of morpholine rings is 1. The highest BCUT2D eigenvalue weighted by Crippen LogP contribution is 2.43. The van der Waals surface area contributed by atoms with Crippen LogP contribution < -0.4 is 15.2 Å². The second-order valence-corrected chi connectivity index (χ2v) is 8.16. The van der Waals surface area contributed by atoms with Crippen LogP contribution in [-0.2, 0) is 11.3 Å². The van der Waals surface area contributed by atoms with E-state index < -0.39 is 23.3 Å². The lowest BCUT2D eigenvalue weighted by Crippen LogP contribution is -2.45. The highest BCUT2D eigenvalue weighted by atomic mass is 32.1. The first kappa shape index (κ1) is 18.3. The molecule has 1 fully saturated rings. The molecule has 2 aliphatic heterocycles. The minimum absolute atomic E-state index is 0.0503. The van der Waals surface area contributed by atoms with Gasteiger partial charge >= 0.3 is 5.97 Å². The van der Waals surface area contributed by atoms with Gasteiger partial charge in [0.15, 0.2) is 0 Å². The van der Waals surface area contributed by atoms with Crippen molar-refractivity contribution >= 4 is 44.4 Å². The maximum atomic E-state index is 15.4. The first-order valence-electron chi connectivity index (χ1n) is 9.15. The maximum Gasteiger partial charge on any atom is 0.342 e. The van der Waals surface area contributed by atoms with Gasteiger partial charge < -0.3 is 24.7 Å². The Morgan fingerprint density at radius 3 is 2.93 bits per heavy atom. The van der Waals surface area contributed by atoms with Gasteiger partial charge in [0.25, 0.3) is 0 Å². The number of aliphatic hydroxyl groups excluding tert-OH is 1. The molecule has 2 aromatic heterocycles. The van der Waals surface area contributed by atoms with Crippen molar-refractivity contribution in [2.75, 3.05) is 43.2 Å². The van der Waals surface area contributed by atoms with E-state index >= 15 is 4.39 Å². The molecule has 1 atom stereocenters. The Morgan fingerprint density at radius 2 is 2.21 bits per heavy atom. The Balaban J connectivity index is 1.89. The summed E-state index contributed by atoms with van der Waals surface area (Å²) < 4.78 is 22.6. The SMILES string of the molecule is CN1Cc2csc3c(C(=O)O)c(=O)c4cc(F)c(N5CCOC(CO)C5)c1c4n23. The molecule has 2 N–H and O–H groups in total. The smallest absolute Gasteiger partial charge is 0.342 e. The first-order chi connectivity index (χ1) is 13.9. The lowest BCUT2D eigenvalue weighted by atomic mass is 10.0. The Labute approximate surface area is 168 Å². The number of aliphatic hydroxyl groups is 1. The molecule has 1 aromatic carbocycles. The molecule has 1 saturated heterocycles. The summed E-state index contributed by atoms with van der Waals surface area (Å²) in [5.74, 6) is -1.91. The van der Waals surface area contributed by atoms with Crippen molar-refractivity contribution in [3.05, 3.63) is 38.7 Å². The molecule has 10 heteroatoms. The van der Waals surface area contributed by atoms with Crippen LogP contribution >= 0.6 is 11.3 Å². The molecule has 0 spiro atoms. The molecule has 0 amide bonds. The van der Waals surface area contributed by atoms with Crippen LogP contribution in [0.5, 0.6) is 0 Å². The summed E-state index contributed by atoms with van der Waals surface area (Å²) >= 11 is 1.20. The molecule has 8 nitrogen and oxygen atoms in total. The second kappa shape index (κ2) is 6.41. The van der Waals surface area contributed by atoms with E-state index in [-0.39, 0.29) is 17.6 Å². The number of nitrogens with zero attached hydrogens (tertiary/aromatic N) is 3. The van der Waals surface area contributed by atoms with E-state index in [1.807, 2.05) is 22.2 Å². The van der Waals surface area contributed by atoms with E-state index in [1.54, 1.807) is 4.40 Å². The zero-order valence-corrected chi connectivity index (χ0v) is 16.3. The molecule has 0 bridgehead atoms. The monoisotopic (exact) mass is 419 g/mol. The fourth-order valence-electron chi connectivity index (χ4n) is 4.34. The van der Waals surface area contributed by atoms with Gasteiger partial charge in [0.05, 0.1) is 53.8 Å². The summed E-state index contributed by atoms with van der Waals surface area (Å²) in [5.41, 5.74) is 1.24. The summed E-state index contributed by atoms with van der Waals surface area (Å²) in [5, 5.41) is 20.9. The maximum absolute atomic E-state index is 15.4. The van der Waals surface area contributed by atoms with Gasteiger partial charge in [-0.1, -0.05) is 0 Å². The number of hydrogen-bond donors (Lipinski definition) is 2. The van der Waals surface area contributed by atoms with E-state index in [1.165, 1.54) is 11.3 Å². The van der Waals surface area contributed by atoms with Crippen LogP contribution in [0, 0.1) is 5.82 Å². The number of ether oxygens (including phenoxy) is 1. The molecule has 152 valence electrons. The minimum atomic E-state index is -1.32. The van der Waals surface area contributed by atoms with Crippen LogP contribution in [0.3, 0.4) is 0 Å². The van der Waals surface area contributed by atoms with Gasteiger partial charge in [-0.2, -0.15) is 0 Å². The lowest BCUT2D eigenvalue weighted by Gasteiger charge is -2.38. The lowest BCUT2D eigenvalue weighted by molar-refractivity contribution is 0.00343. The zero-order chi connectivity index (χ0) is 20.4. The fourth-order valence-corrected chi connectivity index (χ4v) is 5.38. The Hall–Kier alpha value is -2.69. The average molecular weight is 419 g/mol. The molecule has 0 aliphatic carbocycles. The van der Waals surface area contributed by atoms with Crippen LogP contribution in [0.25, 0.3) is 15.7 Å². The number of thiazole rings is 1. The van der Waals surface area contributed by atoms with E-state index in [9.17, 15) is 19.8 Å². The number of carboxylic acids is 1. The number of aromatic carboxylic acids is 1. The number of aromatic nitrogens is 1. The minimum Gasteiger partial charge on any atom is -0.477 e. The molecular weight excluding hydrogens is 401 g/mol. The first-order valence-corrected chi connectivity index (χ1v) is 10.0. The quantitative estimate of drug-likeness (QED) is 0.664. The van der Waals surface area contributed by atoms with Crippen LogP contribution in [0.1, 0.15) is 16.1 Å². The van der Waals surface area contributed by atoms with Gasteiger partial charge in [-0.05, 0) is 6.07 Å². The molecule has 5 rings (SSSR count). The van der Waals surface area contributed by atoms with E-state index in [2.05, 4.69) is 0 Å². The third-order valence-electron chi connectivity index (χ3n) is 5.56. The normalized spacial score (nSPS) is 18.9. The third-order valence-corrected chi connectivity index (χ3v) is 6.56. The summed E-state index contributed by atoms with van der Waals surface area (Å²) in [6.07, 6.45) is -0.422. The number of carboxylic acid groups (broad SMARTS) is 1. The topological polar surface area (TPSA) is 94.7 Å². The third kappa shape index (κ3) is 2.49. The predicted octanol–water partition coefficient (Wildman–Crippen LogP) is 1.50. The number of carbonyl (C=O) groups is 1. The average Bonchev–Trinajstić information content (AvgIpc) is 3.10. The van der Waals surface area contributed by atoms with Gasteiger partial charge in [0.2, 0.25) is 5.43 Å². The van der Waals surface area contributed by atoms with Crippen molar-refractivity contribution < 1.29 is 24.1 Å². The number of pyridine rings is 1. The van der Waals surface area contributed by atoms with Gasteiger partial charge in [-0.15, -0.1) is 11.3 Å². The molecule has 4 heterocycles. The molecule has 29 heavy (non-hydrogen) atoms. The number of benzene rings is 1. The van der Waals surface area contributed by atoms with Gasteiger partial charge in [0.1, 0.15) is 16.2 Å². The Kier molecular flexibility index (Phi) is 4.05. The van der Waals surface area contributed by atoms with E-state index in [0.717, 1.165) is 11.8 Å². The van der Waals surface area contributed by atoms with Crippen molar-refractivity contribution in [2.24, 2.45) is 0 Å². The van der Waals surface area contributed by atoms with Gasteiger partial charge in [-0.3, -0.25) is 9.20 Å². The number of anilines is 2. The number of hydrogen-bond acceptors (Lipinski definition) is 7. The molecule has 0 radical (unpaired) electrons. The van der Waals surface area contributed by atoms with Crippen molar-refractivity contribution in [1.82, 2.24) is 4.40 Å². The summed E-state index contributed by atoms with van der Waals surface area (Å²) in [4.78, 5) is 28.8. The van der Waals surface area contributed by atoms with Crippen molar-refractivity contribution in [3.8, 4) is 0 Å². The van der Waals surface area contributed by atoms with E-state index in [4.69, 9.17) is 4.74 Å². The summed E-state index contributed by atoms with van der Waals surface area (Å²) in [7, 11) is 1.82. The molecule has 3 aromatic rings. The Bertz CT molecular complexity index is 1240. The van der Waals surface area contributed by atoms with Crippen LogP contribution in [0.15, 0.2) is 16.2 Å². The molecular formula is C19H18FN3O5S. The van der Waals surface area contributed by atoms with Crippen LogP contribution in [0.4, 0.5) is 15.8 Å². The predicted molar refractivity (Wildman–Crippen MR) is 107 cm³/mol. The highest BCUT2D eigenvalue weighted by molar-refractivity contribution is 7.16. The molecule has 1 unspecified atom stereocenters. The summed E-state index contributed by atoms with van der Waals surface area (Å²) in [6.45, 7) is 1.40. The van der Waals surface area contributed by atoms with Crippen molar-refractivity contribution in [1.29, 1.82) is 0 Å². The number of halogens is 1. The second-order valence-electron chi connectivity index (χ2n) is 7.31. The standard InChI is InChI=1S/C19H18FN3O5S/c1-21-5-9-8-29-18-13(19(26)27)17(25)11-4-12(20)15(16(21)14(11)23(9)18)22-2-3-28-10(6-22)7-24/h4,8,10,24H,2-3,5-7H2,1H3,(H,26,27). The fraction of sp³-hybridized carbons (Fsp3) is 0.368. The number of rotatable bonds is 3. The Morgan fingerprint density at radius 1 is 1.41 bits per heavy atom.